The fourth-order valence-electron chi connectivity index (χ4n) is 5.15. The minimum atomic E-state index is -4.18. The Morgan fingerprint density at radius 3 is 1.53 bits per heavy atom. The lowest BCUT2D eigenvalue weighted by Gasteiger charge is -2.30. The van der Waals surface area contributed by atoms with Gasteiger partial charge in [0.2, 0.25) is 0 Å². The van der Waals surface area contributed by atoms with E-state index in [1.807, 2.05) is 60.7 Å². The molecule has 0 fully saturated rings. The molecule has 1 aliphatic rings. The highest BCUT2D eigenvalue weighted by Crippen LogP contribution is 2.52. The van der Waals surface area contributed by atoms with Crippen LogP contribution in [-0.2, 0) is 29.5 Å². The highest BCUT2D eigenvalue weighted by Gasteiger charge is 2.51. The molecule has 5 aromatic carbocycles. The number of fused-ring (bicyclic) bond motifs is 1. The van der Waals surface area contributed by atoms with E-state index in [0.717, 1.165) is 11.1 Å². The minimum absolute atomic E-state index is 0.0235. The smallest absolute Gasteiger partial charge is 0.336 e. The minimum Gasteiger partial charge on any atom is -0.422 e. The van der Waals surface area contributed by atoms with Crippen molar-refractivity contribution in [3.05, 3.63) is 170 Å². The number of carbonyl (C=O) groups excluding carboxylic acids is 2. The highest BCUT2D eigenvalue weighted by molar-refractivity contribution is 9.11. The lowest BCUT2D eigenvalue weighted by Crippen LogP contribution is -2.29. The summed E-state index contributed by atoms with van der Waals surface area (Å²) < 4.78 is 44.7. The van der Waals surface area contributed by atoms with Gasteiger partial charge in [-0.15, -0.1) is 0 Å². The summed E-state index contributed by atoms with van der Waals surface area (Å²) in [6, 6.07) is 34.9. The van der Waals surface area contributed by atoms with Crippen LogP contribution in [0.15, 0.2) is 147 Å². The Bertz CT molecular complexity index is 2030. The van der Waals surface area contributed by atoms with Gasteiger partial charge in [-0.1, -0.05) is 91.0 Å². The molecule has 0 radical (unpaired) electrons. The third-order valence-corrected chi connectivity index (χ3v) is 9.89. The number of benzene rings is 5. The Morgan fingerprint density at radius 1 is 0.617 bits per heavy atom. The summed E-state index contributed by atoms with van der Waals surface area (Å²) >= 11 is 6.98. The van der Waals surface area contributed by atoms with E-state index in [9.17, 15) is 18.0 Å². The van der Waals surface area contributed by atoms with Crippen LogP contribution < -0.4 is 9.47 Å². The molecule has 0 aromatic heterocycles. The maximum Gasteiger partial charge on any atom is 0.336 e. The fraction of sp³-hybridized carbons (Fsp3) is 0.0270. The van der Waals surface area contributed by atoms with E-state index in [1.54, 1.807) is 66.7 Å². The zero-order chi connectivity index (χ0) is 33.0. The number of halogens is 2. The van der Waals surface area contributed by atoms with Crippen molar-refractivity contribution in [2.75, 3.05) is 0 Å². The topological polar surface area (TPSA) is 96.0 Å². The number of esters is 2. The fourth-order valence-corrected chi connectivity index (χ4v) is 7.50. The second-order valence-corrected chi connectivity index (χ2v) is 13.6. The van der Waals surface area contributed by atoms with Crippen molar-refractivity contribution in [2.24, 2.45) is 0 Å². The monoisotopic (exact) mass is 770 g/mol. The van der Waals surface area contributed by atoms with Gasteiger partial charge in [0.25, 0.3) is 10.1 Å². The van der Waals surface area contributed by atoms with Gasteiger partial charge in [-0.2, -0.15) is 8.42 Å². The van der Waals surface area contributed by atoms with E-state index < -0.39 is 27.7 Å². The third-order valence-electron chi connectivity index (χ3n) is 7.29. The van der Waals surface area contributed by atoms with Crippen molar-refractivity contribution in [3.63, 3.8) is 0 Å². The summed E-state index contributed by atoms with van der Waals surface area (Å²) in [6.45, 7) is 0. The van der Waals surface area contributed by atoms with Gasteiger partial charge in [-0.3, -0.25) is 0 Å². The van der Waals surface area contributed by atoms with Crippen LogP contribution in [0.25, 0.3) is 12.2 Å². The van der Waals surface area contributed by atoms with Crippen LogP contribution in [-0.4, -0.2) is 20.4 Å². The molecular formula is C37H24Br2O7S. The summed E-state index contributed by atoms with van der Waals surface area (Å²) in [5, 5.41) is 0. The van der Waals surface area contributed by atoms with Crippen LogP contribution in [0.3, 0.4) is 0 Å². The molecule has 6 rings (SSSR count). The Kier molecular flexibility index (Phi) is 9.38. The molecule has 1 aliphatic heterocycles. The first-order valence-electron chi connectivity index (χ1n) is 14.2. The van der Waals surface area contributed by atoms with Gasteiger partial charge >= 0.3 is 11.9 Å². The normalized spacial score (nSPS) is 16.6. The van der Waals surface area contributed by atoms with Crippen molar-refractivity contribution in [2.45, 2.75) is 10.5 Å². The van der Waals surface area contributed by atoms with Gasteiger partial charge in [-0.25, -0.2) is 13.8 Å². The molecule has 0 N–H and O–H groups in total. The average molecular weight is 772 g/mol. The van der Waals surface area contributed by atoms with Gasteiger partial charge in [0, 0.05) is 17.7 Å². The summed E-state index contributed by atoms with van der Waals surface area (Å²) in [6.07, 6.45) is 5.94. The predicted octanol–water partition coefficient (Wildman–Crippen LogP) is 8.46. The Hall–Kier alpha value is -4.61. The molecule has 5 aromatic rings. The van der Waals surface area contributed by atoms with Crippen molar-refractivity contribution in [1.29, 1.82) is 0 Å². The number of rotatable bonds is 8. The van der Waals surface area contributed by atoms with Crippen molar-refractivity contribution >= 4 is 66.1 Å². The summed E-state index contributed by atoms with van der Waals surface area (Å²) in [4.78, 5) is 25.2. The molecule has 1 heterocycles. The van der Waals surface area contributed by atoms with E-state index in [-0.39, 0.29) is 16.4 Å². The van der Waals surface area contributed by atoms with E-state index >= 15 is 0 Å². The largest absolute Gasteiger partial charge is 0.422 e. The molecule has 0 saturated carbocycles. The molecule has 1 unspecified atom stereocenters. The molecule has 47 heavy (non-hydrogen) atoms. The first kappa shape index (κ1) is 32.3. The van der Waals surface area contributed by atoms with E-state index in [2.05, 4.69) is 31.9 Å². The quantitative estimate of drug-likeness (QED) is 0.0676. The molecule has 0 saturated heterocycles. The first-order chi connectivity index (χ1) is 22.7. The maximum absolute atomic E-state index is 13.4. The summed E-state index contributed by atoms with van der Waals surface area (Å²) in [5.41, 5.74) is 1.35. The van der Waals surface area contributed by atoms with Gasteiger partial charge in [0.1, 0.15) is 16.4 Å². The zero-order valence-electron chi connectivity index (χ0n) is 24.4. The SMILES string of the molecule is O=C(/C=C\c1ccccc1)Oc1ccc(C2(c3ccc(OC(=O)/C=C/c4ccccc4)c(Br)c3)OS(=O)(=O)c3ccccc32)cc1Br. The first-order valence-corrected chi connectivity index (χ1v) is 17.2. The molecule has 1 atom stereocenters. The predicted molar refractivity (Wildman–Crippen MR) is 185 cm³/mol. The lowest BCUT2D eigenvalue weighted by molar-refractivity contribution is -0.129. The van der Waals surface area contributed by atoms with Crippen molar-refractivity contribution in [1.82, 2.24) is 0 Å². The van der Waals surface area contributed by atoms with Crippen LogP contribution in [0, 0.1) is 0 Å². The van der Waals surface area contributed by atoms with Crippen LogP contribution in [0.1, 0.15) is 27.8 Å². The molecule has 0 amide bonds. The molecule has 0 bridgehead atoms. The van der Waals surface area contributed by atoms with Crippen molar-refractivity contribution < 1.29 is 31.7 Å². The van der Waals surface area contributed by atoms with Crippen LogP contribution >= 0.6 is 31.9 Å². The molecule has 7 nitrogen and oxygen atoms in total. The Morgan fingerprint density at radius 2 is 1.06 bits per heavy atom. The van der Waals surface area contributed by atoms with E-state index in [0.29, 0.717) is 25.6 Å². The molecular weight excluding hydrogens is 748 g/mol. The second kappa shape index (κ2) is 13.6. The summed E-state index contributed by atoms with van der Waals surface area (Å²) in [7, 11) is -4.18. The number of hydrogen-bond acceptors (Lipinski definition) is 7. The second-order valence-electron chi connectivity index (χ2n) is 10.3. The van der Waals surface area contributed by atoms with Crippen LogP contribution in [0.5, 0.6) is 11.5 Å². The average Bonchev–Trinajstić information content (AvgIpc) is 3.33. The molecule has 10 heteroatoms. The third kappa shape index (κ3) is 6.91. The Labute approximate surface area is 288 Å². The molecule has 0 aliphatic carbocycles. The van der Waals surface area contributed by atoms with Crippen molar-refractivity contribution in [3.8, 4) is 11.5 Å². The van der Waals surface area contributed by atoms with Crippen LogP contribution in [0.2, 0.25) is 0 Å². The maximum atomic E-state index is 13.4. The standard InChI is InChI=1S/C37H24Br2O7S/c38-30-23-27(17-19-32(30)44-35(40)21-15-25-9-3-1-4-10-25)37(29-13-7-8-14-34(29)47(42,43)46-37)28-18-20-33(31(39)24-28)45-36(41)22-16-26-11-5-2-6-12-26/h1-24H/b21-15-,22-16+. The number of hydrogen-bond donors (Lipinski definition) is 0. The number of carbonyl (C=O) groups is 2. The van der Waals surface area contributed by atoms with Gasteiger partial charge in [-0.05, 0) is 96.6 Å². The molecule has 234 valence electrons. The van der Waals surface area contributed by atoms with Crippen LogP contribution in [0.4, 0.5) is 0 Å². The highest BCUT2D eigenvalue weighted by atomic mass is 79.9. The Balaban J connectivity index is 1.34. The summed E-state index contributed by atoms with van der Waals surface area (Å²) in [5.74, 6) is -0.718. The van der Waals surface area contributed by atoms with Gasteiger partial charge in [0.15, 0.2) is 5.60 Å². The van der Waals surface area contributed by atoms with E-state index in [4.69, 9.17) is 13.7 Å². The van der Waals surface area contributed by atoms with Gasteiger partial charge < -0.3 is 9.47 Å². The lowest BCUT2D eigenvalue weighted by atomic mass is 9.80. The zero-order valence-corrected chi connectivity index (χ0v) is 28.4. The molecule has 0 spiro atoms. The van der Waals surface area contributed by atoms with E-state index in [1.165, 1.54) is 18.2 Å². The van der Waals surface area contributed by atoms with Gasteiger partial charge in [0.05, 0.1) is 8.95 Å². The number of ether oxygens (including phenoxy) is 2.